The molecule has 1 aromatic rings. The third-order valence-corrected chi connectivity index (χ3v) is 3.81. The monoisotopic (exact) mass is 254 g/mol. The van der Waals surface area contributed by atoms with Crippen molar-refractivity contribution in [3.05, 3.63) is 29.0 Å². The quantitative estimate of drug-likeness (QED) is 0.890. The van der Waals surface area contributed by atoms with Crippen LogP contribution in [-0.2, 0) is 6.42 Å². The maximum absolute atomic E-state index is 6.19. The van der Waals surface area contributed by atoms with Crippen molar-refractivity contribution in [1.29, 1.82) is 0 Å². The topological polar surface area (TPSA) is 38.9 Å². The number of aromatic nitrogens is 1. The Morgan fingerprint density at radius 3 is 2.59 bits per heavy atom. The molecule has 0 bridgehead atoms. The molecular weight excluding hydrogens is 232 g/mol. The van der Waals surface area contributed by atoms with Crippen molar-refractivity contribution >= 4 is 11.6 Å². The normalized spacial score (nSPS) is 15.6. The van der Waals surface area contributed by atoms with E-state index >= 15 is 0 Å². The molecule has 3 heteroatoms. The van der Waals surface area contributed by atoms with Gasteiger partial charge in [0, 0.05) is 18.4 Å². The third kappa shape index (κ3) is 4.64. The molecule has 2 atom stereocenters. The third-order valence-electron chi connectivity index (χ3n) is 3.47. The number of pyridine rings is 1. The molecule has 0 aliphatic rings. The van der Waals surface area contributed by atoms with E-state index in [0.717, 1.165) is 18.4 Å². The molecule has 0 spiro atoms. The van der Waals surface area contributed by atoms with Crippen molar-refractivity contribution in [2.45, 2.75) is 46.6 Å². The maximum Gasteiger partial charge on any atom is 0.0621 e. The first-order valence-corrected chi connectivity index (χ1v) is 6.52. The Morgan fingerprint density at radius 1 is 1.41 bits per heavy atom. The fraction of sp³-hybridized carbons (Fsp3) is 0.643. The first-order chi connectivity index (χ1) is 7.80. The first-order valence-electron chi connectivity index (χ1n) is 6.14. The van der Waals surface area contributed by atoms with Gasteiger partial charge >= 0.3 is 0 Å². The largest absolute Gasteiger partial charge is 0.327 e. The SMILES string of the molecule is CC(CC(N)Cc1ccncc1Cl)C(C)(C)C. The van der Waals surface area contributed by atoms with Crippen LogP contribution in [0.2, 0.25) is 5.02 Å². The summed E-state index contributed by atoms with van der Waals surface area (Å²) in [6.45, 7) is 9.02. The molecule has 17 heavy (non-hydrogen) atoms. The molecule has 1 aromatic heterocycles. The van der Waals surface area contributed by atoms with Gasteiger partial charge in [0.25, 0.3) is 0 Å². The molecule has 0 saturated heterocycles. The Bertz CT molecular complexity index is 357. The molecule has 0 aliphatic carbocycles. The van der Waals surface area contributed by atoms with E-state index in [2.05, 4.69) is 32.7 Å². The summed E-state index contributed by atoms with van der Waals surface area (Å²) in [5.74, 6) is 0.595. The molecule has 1 heterocycles. The van der Waals surface area contributed by atoms with Crippen LogP contribution in [0.1, 0.15) is 39.7 Å². The van der Waals surface area contributed by atoms with Crippen molar-refractivity contribution in [2.75, 3.05) is 0 Å². The van der Waals surface area contributed by atoms with Crippen molar-refractivity contribution < 1.29 is 0 Å². The lowest BCUT2D eigenvalue weighted by molar-refractivity contribution is 0.233. The fourth-order valence-electron chi connectivity index (χ4n) is 1.74. The van der Waals surface area contributed by atoms with E-state index < -0.39 is 0 Å². The molecular formula is C14H23ClN2. The average Bonchev–Trinajstić information content (AvgIpc) is 2.20. The van der Waals surface area contributed by atoms with E-state index in [1.54, 1.807) is 12.4 Å². The number of hydrogen-bond donors (Lipinski definition) is 1. The second kappa shape index (κ2) is 5.83. The Labute approximate surface area is 110 Å². The molecule has 0 amide bonds. The number of rotatable bonds is 4. The molecule has 0 saturated carbocycles. The summed E-state index contributed by atoms with van der Waals surface area (Å²) < 4.78 is 0. The molecule has 0 aliphatic heterocycles. The lowest BCUT2D eigenvalue weighted by Crippen LogP contribution is -2.30. The second-order valence-electron chi connectivity index (χ2n) is 5.93. The van der Waals surface area contributed by atoms with Crippen molar-refractivity contribution in [3.63, 3.8) is 0 Å². The van der Waals surface area contributed by atoms with Crippen LogP contribution in [0, 0.1) is 11.3 Å². The molecule has 0 fully saturated rings. The highest BCUT2D eigenvalue weighted by molar-refractivity contribution is 6.31. The summed E-state index contributed by atoms with van der Waals surface area (Å²) in [6, 6.07) is 2.10. The van der Waals surface area contributed by atoms with E-state index in [1.165, 1.54) is 0 Å². The summed E-state index contributed by atoms with van der Waals surface area (Å²) in [5.41, 5.74) is 7.59. The van der Waals surface area contributed by atoms with Crippen LogP contribution in [0.4, 0.5) is 0 Å². The van der Waals surface area contributed by atoms with Gasteiger partial charge in [0.1, 0.15) is 0 Å². The van der Waals surface area contributed by atoms with Crippen LogP contribution in [0.25, 0.3) is 0 Å². The summed E-state index contributed by atoms with van der Waals surface area (Å²) in [7, 11) is 0. The fourth-order valence-corrected chi connectivity index (χ4v) is 1.94. The molecule has 96 valence electrons. The zero-order valence-electron chi connectivity index (χ0n) is 11.2. The molecule has 0 radical (unpaired) electrons. The molecule has 2 nitrogen and oxygen atoms in total. The Hall–Kier alpha value is -0.600. The minimum absolute atomic E-state index is 0.157. The number of nitrogens with two attached hydrogens (primary N) is 1. The van der Waals surface area contributed by atoms with E-state index in [1.807, 2.05) is 6.07 Å². The molecule has 1 rings (SSSR count). The summed E-state index contributed by atoms with van der Waals surface area (Å²) >= 11 is 6.08. The van der Waals surface area contributed by atoms with Crippen LogP contribution in [0.3, 0.4) is 0 Å². The zero-order chi connectivity index (χ0) is 13.1. The van der Waals surface area contributed by atoms with Crippen LogP contribution in [-0.4, -0.2) is 11.0 Å². The summed E-state index contributed by atoms with van der Waals surface area (Å²) in [4.78, 5) is 3.98. The predicted octanol–water partition coefficient (Wildman–Crippen LogP) is 3.68. The van der Waals surface area contributed by atoms with E-state index in [0.29, 0.717) is 16.4 Å². The summed E-state index contributed by atoms with van der Waals surface area (Å²) in [6.07, 6.45) is 5.28. The van der Waals surface area contributed by atoms with Gasteiger partial charge in [-0.15, -0.1) is 0 Å². The van der Waals surface area contributed by atoms with Crippen molar-refractivity contribution in [1.82, 2.24) is 4.98 Å². The lowest BCUT2D eigenvalue weighted by atomic mass is 9.78. The zero-order valence-corrected chi connectivity index (χ0v) is 12.0. The first kappa shape index (κ1) is 14.5. The highest BCUT2D eigenvalue weighted by Crippen LogP contribution is 2.29. The number of halogens is 1. The number of nitrogens with zero attached hydrogens (tertiary/aromatic N) is 1. The average molecular weight is 255 g/mol. The Kier molecular flexibility index (Phi) is 4.96. The van der Waals surface area contributed by atoms with Crippen LogP contribution >= 0.6 is 11.6 Å². The van der Waals surface area contributed by atoms with Gasteiger partial charge in [-0.3, -0.25) is 4.98 Å². The van der Waals surface area contributed by atoms with Gasteiger partial charge in [0.05, 0.1) is 5.02 Å². The van der Waals surface area contributed by atoms with Gasteiger partial charge in [0.2, 0.25) is 0 Å². The molecule has 0 aromatic carbocycles. The van der Waals surface area contributed by atoms with Gasteiger partial charge in [-0.2, -0.15) is 0 Å². The lowest BCUT2D eigenvalue weighted by Gasteiger charge is -2.29. The smallest absolute Gasteiger partial charge is 0.0621 e. The molecule has 2 unspecified atom stereocenters. The van der Waals surface area contributed by atoms with Crippen molar-refractivity contribution in [2.24, 2.45) is 17.1 Å². The number of hydrogen-bond acceptors (Lipinski definition) is 2. The van der Waals surface area contributed by atoms with E-state index in [-0.39, 0.29) is 6.04 Å². The maximum atomic E-state index is 6.19. The van der Waals surface area contributed by atoms with Gasteiger partial charge in [-0.05, 0) is 35.8 Å². The van der Waals surface area contributed by atoms with E-state index in [4.69, 9.17) is 17.3 Å². The van der Waals surface area contributed by atoms with Crippen LogP contribution in [0.5, 0.6) is 0 Å². The Balaban J connectivity index is 2.56. The van der Waals surface area contributed by atoms with Gasteiger partial charge < -0.3 is 5.73 Å². The van der Waals surface area contributed by atoms with Crippen LogP contribution < -0.4 is 5.73 Å². The second-order valence-corrected chi connectivity index (χ2v) is 6.34. The van der Waals surface area contributed by atoms with Gasteiger partial charge in [0.15, 0.2) is 0 Å². The Morgan fingerprint density at radius 2 is 2.06 bits per heavy atom. The van der Waals surface area contributed by atoms with Gasteiger partial charge in [-0.25, -0.2) is 0 Å². The van der Waals surface area contributed by atoms with Crippen LogP contribution in [0.15, 0.2) is 18.5 Å². The predicted molar refractivity (Wildman–Crippen MR) is 74.2 cm³/mol. The van der Waals surface area contributed by atoms with E-state index in [9.17, 15) is 0 Å². The van der Waals surface area contributed by atoms with Gasteiger partial charge in [-0.1, -0.05) is 39.3 Å². The molecule has 2 N–H and O–H groups in total. The minimum atomic E-state index is 0.157. The minimum Gasteiger partial charge on any atom is -0.327 e. The van der Waals surface area contributed by atoms with Crippen molar-refractivity contribution in [3.8, 4) is 0 Å². The summed E-state index contributed by atoms with van der Waals surface area (Å²) in [5, 5.41) is 0.714. The highest BCUT2D eigenvalue weighted by atomic mass is 35.5. The standard InChI is InChI=1S/C14H23ClN2/c1-10(14(2,3)4)7-12(16)8-11-5-6-17-9-13(11)15/h5-6,9-10,12H,7-8,16H2,1-4H3. The highest BCUT2D eigenvalue weighted by Gasteiger charge is 2.22.